The molecule has 0 aromatic heterocycles. The van der Waals surface area contributed by atoms with Crippen LogP contribution >= 0.6 is 0 Å². The lowest BCUT2D eigenvalue weighted by Crippen LogP contribution is -1.95. The van der Waals surface area contributed by atoms with Crippen LogP contribution < -0.4 is 9.47 Å². The van der Waals surface area contributed by atoms with Gasteiger partial charge in [-0.15, -0.1) is 0 Å². The molecule has 0 unspecified atom stereocenters. The van der Waals surface area contributed by atoms with Crippen LogP contribution in [-0.4, -0.2) is 25.9 Å². The zero-order chi connectivity index (χ0) is 19.9. The van der Waals surface area contributed by atoms with Gasteiger partial charge in [0.05, 0.1) is 14.2 Å². The first-order valence-electron chi connectivity index (χ1n) is 9.52. The molecule has 28 heavy (non-hydrogen) atoms. The molecule has 2 aromatic carbocycles. The molecule has 0 saturated carbocycles. The minimum atomic E-state index is -0.374. The van der Waals surface area contributed by atoms with Gasteiger partial charge in [-0.25, -0.2) is 4.39 Å². The lowest BCUT2D eigenvalue weighted by molar-refractivity contribution is 0.290. The molecule has 0 atom stereocenters. The summed E-state index contributed by atoms with van der Waals surface area (Å²) in [6.07, 6.45) is 4.02. The predicted molar refractivity (Wildman–Crippen MR) is 110 cm³/mol. The number of halogens is 1. The van der Waals surface area contributed by atoms with Crippen LogP contribution in [0.15, 0.2) is 36.4 Å². The fourth-order valence-electron chi connectivity index (χ4n) is 3.49. The average Bonchev–Trinajstić information content (AvgIpc) is 2.90. The highest BCUT2D eigenvalue weighted by Crippen LogP contribution is 2.38. The first-order valence-corrected chi connectivity index (χ1v) is 9.52. The van der Waals surface area contributed by atoms with Gasteiger partial charge < -0.3 is 14.6 Å². The Morgan fingerprint density at radius 2 is 1.93 bits per heavy atom. The molecule has 0 amide bonds. The van der Waals surface area contributed by atoms with Gasteiger partial charge in [0.2, 0.25) is 0 Å². The van der Waals surface area contributed by atoms with Crippen molar-refractivity contribution in [2.45, 2.75) is 32.1 Å². The molecular formula is C24H25FO3. The summed E-state index contributed by atoms with van der Waals surface area (Å²) in [5, 5.41) is 9.03. The van der Waals surface area contributed by atoms with Crippen molar-refractivity contribution in [3.05, 3.63) is 58.9 Å². The molecule has 0 radical (unpaired) electrons. The second kappa shape index (κ2) is 9.43. The maximum Gasteiger partial charge on any atom is 0.165 e. The quantitative estimate of drug-likeness (QED) is 0.594. The molecule has 3 nitrogen and oxygen atoms in total. The van der Waals surface area contributed by atoms with Gasteiger partial charge in [-0.05, 0) is 78.3 Å². The van der Waals surface area contributed by atoms with Gasteiger partial charge in [0.25, 0.3) is 0 Å². The number of ether oxygens (including phenoxy) is 2. The van der Waals surface area contributed by atoms with E-state index in [4.69, 9.17) is 14.6 Å². The number of aryl methyl sites for hydroxylation is 1. The van der Waals surface area contributed by atoms with Crippen LogP contribution in [0.25, 0.3) is 11.1 Å². The minimum absolute atomic E-state index is 0.129. The zero-order valence-corrected chi connectivity index (χ0v) is 16.3. The number of aliphatic hydroxyl groups excluding tert-OH is 1. The molecule has 4 heteroatoms. The van der Waals surface area contributed by atoms with Gasteiger partial charge in [-0.1, -0.05) is 17.9 Å². The lowest BCUT2D eigenvalue weighted by Gasteiger charge is -2.13. The zero-order valence-electron chi connectivity index (χ0n) is 16.3. The van der Waals surface area contributed by atoms with E-state index < -0.39 is 0 Å². The van der Waals surface area contributed by atoms with E-state index in [-0.39, 0.29) is 18.2 Å². The van der Waals surface area contributed by atoms with E-state index in [9.17, 15) is 4.39 Å². The Bertz CT molecular complexity index is 935. The summed E-state index contributed by atoms with van der Waals surface area (Å²) < 4.78 is 24.5. The van der Waals surface area contributed by atoms with Gasteiger partial charge in [-0.2, -0.15) is 0 Å². The Morgan fingerprint density at radius 1 is 1.07 bits per heavy atom. The molecule has 1 aliphatic rings. The van der Waals surface area contributed by atoms with E-state index in [1.807, 2.05) is 6.07 Å². The number of hydrogen-bond donors (Lipinski definition) is 1. The summed E-state index contributed by atoms with van der Waals surface area (Å²) in [7, 11) is 3.14. The molecule has 0 fully saturated rings. The monoisotopic (exact) mass is 380 g/mol. The van der Waals surface area contributed by atoms with Crippen molar-refractivity contribution in [3.8, 4) is 23.3 Å². The molecule has 146 valence electrons. The summed E-state index contributed by atoms with van der Waals surface area (Å²) in [5.41, 5.74) is 5.27. The van der Waals surface area contributed by atoms with Crippen molar-refractivity contribution in [3.63, 3.8) is 0 Å². The van der Waals surface area contributed by atoms with Crippen LogP contribution in [0.4, 0.5) is 4.39 Å². The highest BCUT2D eigenvalue weighted by atomic mass is 19.1. The van der Waals surface area contributed by atoms with Gasteiger partial charge in [0.1, 0.15) is 5.75 Å². The number of rotatable bonds is 5. The Labute approximate surface area is 165 Å². The Hall–Kier alpha value is -2.77. The lowest BCUT2D eigenvalue weighted by atomic mass is 9.92. The molecule has 0 bridgehead atoms. The van der Waals surface area contributed by atoms with E-state index >= 15 is 0 Å². The van der Waals surface area contributed by atoms with Gasteiger partial charge in [0.15, 0.2) is 11.6 Å². The summed E-state index contributed by atoms with van der Waals surface area (Å²) in [5.74, 6) is 7.21. The normalized spacial score (nSPS) is 13.3. The Kier molecular flexibility index (Phi) is 6.73. The van der Waals surface area contributed by atoms with Crippen LogP contribution in [0.3, 0.4) is 0 Å². The smallest absolute Gasteiger partial charge is 0.165 e. The second-order valence-electron chi connectivity index (χ2n) is 6.71. The van der Waals surface area contributed by atoms with Gasteiger partial charge >= 0.3 is 0 Å². The SMILES string of the molecule is COc1ccc2c(c1)CCCC(c1ccc(F)c(OC)c1)=C2C#CCCCO. The molecular weight excluding hydrogens is 355 g/mol. The van der Waals surface area contributed by atoms with E-state index in [2.05, 4.69) is 24.0 Å². The van der Waals surface area contributed by atoms with E-state index in [1.54, 1.807) is 19.2 Å². The minimum Gasteiger partial charge on any atom is -0.497 e. The Balaban J connectivity index is 2.16. The number of fused-ring (bicyclic) bond motifs is 1. The molecule has 2 aromatic rings. The maximum atomic E-state index is 13.9. The first kappa shape index (κ1) is 20.0. The fraction of sp³-hybridized carbons (Fsp3) is 0.333. The predicted octanol–water partition coefficient (Wildman–Crippen LogP) is 4.87. The third-order valence-electron chi connectivity index (χ3n) is 4.93. The third-order valence-corrected chi connectivity index (χ3v) is 4.93. The van der Waals surface area contributed by atoms with Crippen molar-refractivity contribution >= 4 is 11.1 Å². The first-order chi connectivity index (χ1) is 13.7. The van der Waals surface area contributed by atoms with Crippen LogP contribution in [0.2, 0.25) is 0 Å². The number of hydrogen-bond acceptors (Lipinski definition) is 3. The van der Waals surface area contributed by atoms with Crippen LogP contribution in [0.1, 0.15) is 42.4 Å². The summed E-state index contributed by atoms with van der Waals surface area (Å²) in [6, 6.07) is 11.0. The van der Waals surface area contributed by atoms with Crippen LogP contribution in [0.5, 0.6) is 11.5 Å². The van der Waals surface area contributed by atoms with Crippen molar-refractivity contribution in [1.82, 2.24) is 0 Å². The number of aliphatic hydroxyl groups is 1. The largest absolute Gasteiger partial charge is 0.497 e. The molecule has 3 rings (SSSR count). The highest BCUT2D eigenvalue weighted by molar-refractivity contribution is 5.99. The van der Waals surface area contributed by atoms with Crippen molar-refractivity contribution < 1.29 is 19.0 Å². The summed E-state index contributed by atoms with van der Waals surface area (Å²) in [6.45, 7) is 0.129. The molecule has 1 aliphatic carbocycles. The van der Waals surface area contributed by atoms with Crippen molar-refractivity contribution in [2.24, 2.45) is 0 Å². The van der Waals surface area contributed by atoms with Gasteiger partial charge in [-0.3, -0.25) is 0 Å². The molecule has 0 spiro atoms. The van der Waals surface area contributed by atoms with Crippen molar-refractivity contribution in [2.75, 3.05) is 20.8 Å². The molecule has 1 N–H and O–H groups in total. The number of benzene rings is 2. The summed E-state index contributed by atoms with van der Waals surface area (Å²) >= 11 is 0. The van der Waals surface area contributed by atoms with E-state index in [1.165, 1.54) is 18.7 Å². The van der Waals surface area contributed by atoms with Crippen LogP contribution in [-0.2, 0) is 6.42 Å². The van der Waals surface area contributed by atoms with E-state index in [0.717, 1.165) is 47.3 Å². The topological polar surface area (TPSA) is 38.7 Å². The molecule has 0 aliphatic heterocycles. The third kappa shape index (κ3) is 4.37. The number of methoxy groups -OCH3 is 2. The van der Waals surface area contributed by atoms with Crippen LogP contribution in [0, 0.1) is 17.7 Å². The molecule has 0 saturated heterocycles. The highest BCUT2D eigenvalue weighted by Gasteiger charge is 2.19. The van der Waals surface area contributed by atoms with Gasteiger partial charge in [0, 0.05) is 18.6 Å². The fourth-order valence-corrected chi connectivity index (χ4v) is 3.49. The molecule has 0 heterocycles. The average molecular weight is 380 g/mol. The Morgan fingerprint density at radius 3 is 2.68 bits per heavy atom. The van der Waals surface area contributed by atoms with E-state index in [0.29, 0.717) is 12.8 Å². The number of allylic oxidation sites excluding steroid dienone is 2. The van der Waals surface area contributed by atoms with Crippen molar-refractivity contribution in [1.29, 1.82) is 0 Å². The standard InChI is InChI=1S/C24H25FO3/c1-27-19-11-12-21-17(15-19)7-6-9-20(22(21)8-4-3-5-14-26)18-10-13-23(25)24(16-18)28-2/h10-13,15-16,26H,3,5-7,9,14H2,1-2H3. The number of unbranched alkanes of at least 4 members (excludes halogenated alkanes) is 1. The maximum absolute atomic E-state index is 13.9. The summed E-state index contributed by atoms with van der Waals surface area (Å²) in [4.78, 5) is 0. The second-order valence-corrected chi connectivity index (χ2v) is 6.71.